The zero-order valence-corrected chi connectivity index (χ0v) is 20.1. The van der Waals surface area contributed by atoms with Crippen LogP contribution in [-0.2, 0) is 25.7 Å². The van der Waals surface area contributed by atoms with Gasteiger partial charge in [0.15, 0.2) is 0 Å². The predicted octanol–water partition coefficient (Wildman–Crippen LogP) is 3.77. The summed E-state index contributed by atoms with van der Waals surface area (Å²) in [5.41, 5.74) is 11.4. The largest absolute Gasteiger partial charge is 0.455 e. The Labute approximate surface area is 196 Å². The van der Waals surface area contributed by atoms with E-state index >= 15 is 0 Å². The molecule has 0 saturated heterocycles. The van der Waals surface area contributed by atoms with Crippen LogP contribution in [0.2, 0.25) is 0 Å². The average Bonchev–Trinajstić information content (AvgIpc) is 2.85. The maximum atomic E-state index is 7.04. The number of nitrogens with one attached hydrogen (secondary N) is 1. The van der Waals surface area contributed by atoms with E-state index in [2.05, 4.69) is 33.8 Å². The standard InChI is InChI=1S/C29H35N3O/c1-2-3-12-30-25-23-17-19-8-4-13-31-15-6-10-21(26(19)31)28(23)33-29-22-11-7-16-32-14-5-9-20(27(22)32)18-24(25)29/h17-18H,2-16H2,1H3/p+1. The van der Waals surface area contributed by atoms with Crippen LogP contribution in [0.5, 0.6) is 0 Å². The molecule has 0 bridgehead atoms. The van der Waals surface area contributed by atoms with Crippen LogP contribution < -0.4 is 20.1 Å². The predicted molar refractivity (Wildman–Crippen MR) is 135 cm³/mol. The summed E-state index contributed by atoms with van der Waals surface area (Å²) in [6.45, 7) is 8.12. The number of benzene rings is 2. The fourth-order valence-electron chi connectivity index (χ4n) is 7.09. The molecule has 0 radical (unpaired) electrons. The lowest BCUT2D eigenvalue weighted by molar-refractivity contribution is -0.498. The van der Waals surface area contributed by atoms with Crippen LogP contribution in [0.1, 0.15) is 67.7 Å². The lowest BCUT2D eigenvalue weighted by atomic mass is 9.87. The molecule has 0 saturated carbocycles. The molecule has 33 heavy (non-hydrogen) atoms. The molecule has 4 heteroatoms. The van der Waals surface area contributed by atoms with Crippen LogP contribution in [0.3, 0.4) is 0 Å². The first-order chi connectivity index (χ1) is 16.3. The van der Waals surface area contributed by atoms with Gasteiger partial charge in [-0.2, -0.15) is 0 Å². The van der Waals surface area contributed by atoms with E-state index in [1.807, 2.05) is 0 Å². The van der Waals surface area contributed by atoms with E-state index in [0.29, 0.717) is 0 Å². The Kier molecular flexibility index (Phi) is 4.70. The Bertz CT molecular complexity index is 1240. The van der Waals surface area contributed by atoms with E-state index in [1.54, 1.807) is 11.1 Å². The highest BCUT2D eigenvalue weighted by molar-refractivity contribution is 5.97. The summed E-state index contributed by atoms with van der Waals surface area (Å²) in [5.74, 6) is 0. The molecule has 0 aliphatic carbocycles. The van der Waals surface area contributed by atoms with E-state index in [9.17, 15) is 0 Å². The molecule has 4 aliphatic rings. The van der Waals surface area contributed by atoms with Crippen molar-refractivity contribution in [2.45, 2.75) is 71.1 Å². The number of fused-ring (bicyclic) bond motifs is 4. The Morgan fingerprint density at radius 3 is 1.79 bits per heavy atom. The topological polar surface area (TPSA) is 33.6 Å². The lowest BCUT2D eigenvalue weighted by Gasteiger charge is -2.38. The first-order valence-corrected chi connectivity index (χ1v) is 13.5. The quantitative estimate of drug-likeness (QED) is 0.495. The normalized spacial score (nSPS) is 19.1. The number of hydrogen-bond acceptors (Lipinski definition) is 3. The Balaban J connectivity index is 1.61. The van der Waals surface area contributed by atoms with Gasteiger partial charge in [-0.15, -0.1) is 0 Å². The molecule has 0 unspecified atom stereocenters. The minimum Gasteiger partial charge on any atom is -0.455 e. The van der Waals surface area contributed by atoms with Crippen molar-refractivity contribution in [2.24, 2.45) is 0 Å². The van der Waals surface area contributed by atoms with Gasteiger partial charge in [0.05, 0.1) is 10.8 Å². The molecule has 0 fully saturated rings. The van der Waals surface area contributed by atoms with Gasteiger partial charge in [-0.05, 0) is 74.6 Å². The van der Waals surface area contributed by atoms with Crippen molar-refractivity contribution in [1.82, 2.24) is 0 Å². The summed E-state index contributed by atoms with van der Waals surface area (Å²) in [6.07, 6.45) is 12.1. The summed E-state index contributed by atoms with van der Waals surface area (Å²) in [4.78, 5) is 9.20. The zero-order chi connectivity index (χ0) is 21.9. The number of aryl methyl sites for hydroxylation is 4. The maximum absolute atomic E-state index is 7.04. The summed E-state index contributed by atoms with van der Waals surface area (Å²) in [6, 6.07) is 4.97. The lowest BCUT2D eigenvalue weighted by Crippen LogP contribution is -2.76. The first-order valence-electron chi connectivity index (χ1n) is 13.5. The summed E-state index contributed by atoms with van der Waals surface area (Å²) in [5, 5.41) is 3.99. The van der Waals surface area contributed by atoms with Crippen LogP contribution in [0.4, 0.5) is 11.4 Å². The van der Waals surface area contributed by atoms with E-state index < -0.39 is 0 Å². The van der Waals surface area contributed by atoms with Crippen LogP contribution in [0, 0.1) is 0 Å². The Morgan fingerprint density at radius 2 is 1.27 bits per heavy atom. The molecule has 0 atom stereocenters. The molecule has 2 aromatic carbocycles. The number of hydrogen-bond donors (Lipinski definition) is 1. The van der Waals surface area contributed by atoms with Crippen molar-refractivity contribution in [3.05, 3.63) is 39.7 Å². The number of unbranched alkanes of at least 4 members (excludes halogenated alkanes) is 1. The van der Waals surface area contributed by atoms with Gasteiger partial charge >= 0.3 is 0 Å². The van der Waals surface area contributed by atoms with Crippen molar-refractivity contribution < 1.29 is 9.41 Å². The van der Waals surface area contributed by atoms with Crippen molar-refractivity contribution >= 4 is 33.3 Å². The third kappa shape index (κ3) is 2.98. The SMILES string of the molecule is CCCC[NH+]=c1c2cc3c4c(c2oc2c5c6c(cc12)CCCN6CCC5)CCCN4CCC3. The molecule has 1 N–H and O–H groups in total. The fraction of sp³-hybridized carbons (Fsp3) is 0.552. The molecular weight excluding hydrogens is 406 g/mol. The zero-order valence-electron chi connectivity index (χ0n) is 20.1. The van der Waals surface area contributed by atoms with Gasteiger partial charge < -0.3 is 14.2 Å². The number of nitrogens with zero attached hydrogens (tertiary/aromatic N) is 2. The van der Waals surface area contributed by atoms with E-state index in [-0.39, 0.29) is 0 Å². The van der Waals surface area contributed by atoms with Gasteiger partial charge in [0.2, 0.25) is 5.36 Å². The summed E-state index contributed by atoms with van der Waals surface area (Å²) in [7, 11) is 0. The molecule has 3 aromatic rings. The molecule has 1 aromatic heterocycles. The highest BCUT2D eigenvalue weighted by Crippen LogP contribution is 2.43. The average molecular weight is 443 g/mol. The van der Waals surface area contributed by atoms with E-state index in [0.717, 1.165) is 30.6 Å². The fourth-order valence-corrected chi connectivity index (χ4v) is 7.09. The Morgan fingerprint density at radius 1 is 0.758 bits per heavy atom. The molecule has 0 amide bonds. The highest BCUT2D eigenvalue weighted by Gasteiger charge is 2.31. The van der Waals surface area contributed by atoms with Crippen LogP contribution in [-0.4, -0.2) is 32.7 Å². The molecule has 0 spiro atoms. The van der Waals surface area contributed by atoms with Gasteiger partial charge in [-0.3, -0.25) is 0 Å². The van der Waals surface area contributed by atoms with E-state index in [1.165, 1.54) is 116 Å². The molecule has 172 valence electrons. The minimum absolute atomic E-state index is 1.03. The second-order valence-electron chi connectivity index (χ2n) is 10.6. The summed E-state index contributed by atoms with van der Waals surface area (Å²) < 4.78 is 7.04. The minimum atomic E-state index is 1.03. The second-order valence-corrected chi connectivity index (χ2v) is 10.6. The first kappa shape index (κ1) is 19.9. The van der Waals surface area contributed by atoms with Crippen molar-refractivity contribution in [3.8, 4) is 0 Å². The monoisotopic (exact) mass is 442 g/mol. The van der Waals surface area contributed by atoms with Gasteiger partial charge in [0.25, 0.3) is 0 Å². The van der Waals surface area contributed by atoms with Crippen LogP contribution in [0.15, 0.2) is 16.5 Å². The molecule has 5 heterocycles. The second kappa shape index (κ2) is 7.78. The third-order valence-corrected chi connectivity index (χ3v) is 8.52. The van der Waals surface area contributed by atoms with Crippen LogP contribution in [0.25, 0.3) is 21.9 Å². The van der Waals surface area contributed by atoms with Crippen LogP contribution >= 0.6 is 0 Å². The van der Waals surface area contributed by atoms with Gasteiger partial charge in [0.1, 0.15) is 17.7 Å². The molecule has 4 aliphatic heterocycles. The molecule has 4 nitrogen and oxygen atoms in total. The smallest absolute Gasteiger partial charge is 0.220 e. The van der Waals surface area contributed by atoms with E-state index in [4.69, 9.17) is 4.42 Å². The van der Waals surface area contributed by atoms with Crippen molar-refractivity contribution in [1.29, 1.82) is 0 Å². The third-order valence-electron chi connectivity index (χ3n) is 8.52. The van der Waals surface area contributed by atoms with Crippen molar-refractivity contribution in [2.75, 3.05) is 42.5 Å². The number of anilines is 2. The van der Waals surface area contributed by atoms with Gasteiger partial charge in [0, 0.05) is 55.1 Å². The maximum Gasteiger partial charge on any atom is 0.220 e. The van der Waals surface area contributed by atoms with Gasteiger partial charge in [-0.1, -0.05) is 13.3 Å². The Hall–Kier alpha value is -2.49. The molecule has 7 rings (SSSR count). The molecular formula is C29H36N3O+. The van der Waals surface area contributed by atoms with Gasteiger partial charge in [-0.25, -0.2) is 4.99 Å². The van der Waals surface area contributed by atoms with Crippen molar-refractivity contribution in [3.63, 3.8) is 0 Å². The summed E-state index contributed by atoms with van der Waals surface area (Å²) >= 11 is 0. The highest BCUT2D eigenvalue weighted by atomic mass is 16.3. The number of rotatable bonds is 3.